The molecule has 2 aromatic heterocycles. The fourth-order valence-corrected chi connectivity index (χ4v) is 3.58. The fraction of sp³-hybridized carbons (Fsp3) is 0.682. The van der Waals surface area contributed by atoms with Crippen LogP contribution in [-0.2, 0) is 14.2 Å². The van der Waals surface area contributed by atoms with E-state index in [0.717, 1.165) is 0 Å². The van der Waals surface area contributed by atoms with Crippen LogP contribution in [0.25, 0.3) is 11.2 Å². The van der Waals surface area contributed by atoms with Crippen LogP contribution in [0.1, 0.15) is 68.0 Å². The molecule has 0 aromatic carbocycles. The number of ether oxygens (including phenoxy) is 3. The first kappa shape index (κ1) is 24.8. The third-order valence-electron chi connectivity index (χ3n) is 5.06. The Morgan fingerprint density at radius 3 is 2.15 bits per heavy atom. The summed E-state index contributed by atoms with van der Waals surface area (Å²) in [7, 11) is 0. The number of alkyl halides is 1. The Morgan fingerprint density at radius 2 is 1.67 bits per heavy atom. The van der Waals surface area contributed by atoms with Crippen LogP contribution in [0.3, 0.4) is 0 Å². The predicted molar refractivity (Wildman–Crippen MR) is 119 cm³/mol. The summed E-state index contributed by atoms with van der Waals surface area (Å²) < 4.78 is 33.2. The lowest BCUT2D eigenvalue weighted by molar-refractivity contribution is -0.0186. The summed E-state index contributed by atoms with van der Waals surface area (Å²) in [6, 6.07) is 0. The molecule has 11 heteroatoms. The van der Waals surface area contributed by atoms with Gasteiger partial charge in [-0.05, 0) is 48.0 Å². The summed E-state index contributed by atoms with van der Waals surface area (Å²) in [5, 5.41) is 0. The molecule has 4 atom stereocenters. The third-order valence-corrected chi connectivity index (χ3v) is 5.06. The lowest BCUT2D eigenvalue weighted by atomic mass is 10.00. The van der Waals surface area contributed by atoms with Gasteiger partial charge in [-0.2, -0.15) is 4.90 Å². The van der Waals surface area contributed by atoms with E-state index >= 15 is 4.39 Å². The Kier molecular flexibility index (Phi) is 6.65. The van der Waals surface area contributed by atoms with E-state index < -0.39 is 35.8 Å². The second-order valence-electron chi connectivity index (χ2n) is 10.1. The van der Waals surface area contributed by atoms with E-state index in [0.29, 0.717) is 11.3 Å². The number of anilines is 1. The largest absolute Gasteiger partial charge is 0.443 e. The van der Waals surface area contributed by atoms with Crippen LogP contribution in [-0.4, -0.2) is 55.2 Å². The first-order valence-electron chi connectivity index (χ1n) is 11.0. The van der Waals surface area contributed by atoms with Gasteiger partial charge in [0.2, 0.25) is 0 Å². The van der Waals surface area contributed by atoms with Crippen molar-refractivity contribution in [2.24, 2.45) is 5.92 Å². The van der Waals surface area contributed by atoms with Gasteiger partial charge in [-0.3, -0.25) is 4.57 Å². The molecule has 1 aliphatic rings. The number of fused-ring (bicyclic) bond motifs is 1. The maximum Gasteiger partial charge on any atom is 0.425 e. The number of rotatable bonds is 3. The van der Waals surface area contributed by atoms with E-state index in [9.17, 15) is 9.59 Å². The van der Waals surface area contributed by atoms with Crippen molar-refractivity contribution in [3.05, 3.63) is 12.7 Å². The average Bonchev–Trinajstić information content (AvgIpc) is 3.21. The van der Waals surface area contributed by atoms with E-state index in [-0.39, 0.29) is 29.0 Å². The highest BCUT2D eigenvalue weighted by Gasteiger charge is 2.43. The van der Waals surface area contributed by atoms with Crippen molar-refractivity contribution in [3.8, 4) is 0 Å². The molecule has 1 fully saturated rings. The van der Waals surface area contributed by atoms with Gasteiger partial charge in [-0.1, -0.05) is 13.8 Å². The minimum atomic E-state index is -1.28. The number of nitrogens with zero attached hydrogens (tertiary/aromatic N) is 5. The molecule has 0 spiro atoms. The molecule has 1 aliphatic heterocycles. The van der Waals surface area contributed by atoms with Gasteiger partial charge in [-0.15, -0.1) is 0 Å². The molecule has 2 aromatic rings. The van der Waals surface area contributed by atoms with Crippen LogP contribution >= 0.6 is 0 Å². The van der Waals surface area contributed by atoms with Gasteiger partial charge in [0.15, 0.2) is 29.4 Å². The lowest BCUT2D eigenvalue weighted by Crippen LogP contribution is -2.44. The van der Waals surface area contributed by atoms with Crippen molar-refractivity contribution in [1.29, 1.82) is 0 Å². The third kappa shape index (κ3) is 5.23. The van der Waals surface area contributed by atoms with Crippen molar-refractivity contribution in [2.45, 2.75) is 91.5 Å². The molecule has 0 bridgehead atoms. The predicted octanol–water partition coefficient (Wildman–Crippen LogP) is 4.78. The van der Waals surface area contributed by atoms with Crippen molar-refractivity contribution < 1.29 is 28.2 Å². The number of hydrogen-bond acceptors (Lipinski definition) is 8. The van der Waals surface area contributed by atoms with Gasteiger partial charge in [-0.25, -0.2) is 28.9 Å². The summed E-state index contributed by atoms with van der Waals surface area (Å²) in [5.74, 6) is -0.436. The van der Waals surface area contributed by atoms with E-state index in [1.807, 2.05) is 6.92 Å². The molecule has 0 saturated carbocycles. The van der Waals surface area contributed by atoms with Gasteiger partial charge in [0.1, 0.15) is 17.5 Å². The average molecular weight is 466 g/mol. The lowest BCUT2D eigenvalue weighted by Gasteiger charge is -2.28. The van der Waals surface area contributed by atoms with E-state index in [1.54, 1.807) is 48.5 Å². The SMILES string of the molecule is CC[C@H]1O[C@@H](n2cnc3c(N(C(=O)OC(C)(C)C)C(=O)OC(C)(C)C)ncnc32)[C@H](F)[C@@H]1C. The van der Waals surface area contributed by atoms with E-state index in [4.69, 9.17) is 14.2 Å². The molecule has 33 heavy (non-hydrogen) atoms. The van der Waals surface area contributed by atoms with Gasteiger partial charge in [0.05, 0.1) is 12.4 Å². The van der Waals surface area contributed by atoms with Crippen LogP contribution in [0.4, 0.5) is 19.8 Å². The van der Waals surface area contributed by atoms with Crippen molar-refractivity contribution in [3.63, 3.8) is 0 Å². The quantitative estimate of drug-likeness (QED) is 0.637. The second-order valence-corrected chi connectivity index (χ2v) is 10.1. The molecule has 182 valence electrons. The molecule has 10 nitrogen and oxygen atoms in total. The van der Waals surface area contributed by atoms with Crippen molar-refractivity contribution >= 4 is 29.2 Å². The summed E-state index contributed by atoms with van der Waals surface area (Å²) in [6.07, 6.45) is -1.22. The molecule has 0 aliphatic carbocycles. The minimum absolute atomic E-state index is 0.109. The zero-order chi connectivity index (χ0) is 24.7. The Hall–Kier alpha value is -2.82. The number of imidazole rings is 1. The van der Waals surface area contributed by atoms with Crippen molar-refractivity contribution in [2.75, 3.05) is 4.90 Å². The number of carbonyl (C=O) groups is 2. The monoisotopic (exact) mass is 465 g/mol. The zero-order valence-corrected chi connectivity index (χ0v) is 20.3. The number of hydrogen-bond donors (Lipinski definition) is 0. The first-order valence-corrected chi connectivity index (χ1v) is 11.0. The highest BCUT2D eigenvalue weighted by Crippen LogP contribution is 2.39. The summed E-state index contributed by atoms with van der Waals surface area (Å²) in [6.45, 7) is 13.8. The Morgan fingerprint density at radius 1 is 1.09 bits per heavy atom. The van der Waals surface area contributed by atoms with E-state index in [1.165, 1.54) is 17.2 Å². The summed E-state index contributed by atoms with van der Waals surface area (Å²) in [5.41, 5.74) is -1.44. The topological polar surface area (TPSA) is 109 Å². The molecular weight excluding hydrogens is 433 g/mol. The number of carbonyl (C=O) groups excluding carboxylic acids is 2. The molecule has 0 N–H and O–H groups in total. The van der Waals surface area contributed by atoms with Crippen LogP contribution in [0.2, 0.25) is 0 Å². The maximum atomic E-state index is 15.0. The van der Waals surface area contributed by atoms with Crippen molar-refractivity contribution in [1.82, 2.24) is 19.5 Å². The molecule has 2 amide bonds. The molecule has 3 rings (SSSR count). The van der Waals surface area contributed by atoms with Crippen LogP contribution < -0.4 is 4.90 Å². The standard InChI is InChI=1S/C22H32FN5O5/c1-9-13-12(2)14(23)18(31-13)27-11-26-15-16(27)24-10-25-17(15)28(19(29)32-21(3,4)5)20(30)33-22(6,7)8/h10-14,18H,9H2,1-8H3/t12-,13-,14-,18-/m1/s1. The Labute approximate surface area is 192 Å². The molecule has 0 unspecified atom stereocenters. The Balaban J connectivity index is 2.07. The second kappa shape index (κ2) is 8.85. The van der Waals surface area contributed by atoms with Crippen LogP contribution in [0.15, 0.2) is 12.7 Å². The molecule has 1 saturated heterocycles. The highest BCUT2D eigenvalue weighted by molar-refractivity contribution is 6.12. The van der Waals surface area contributed by atoms with Crippen LogP contribution in [0.5, 0.6) is 0 Å². The number of imide groups is 1. The molecule has 3 heterocycles. The Bertz CT molecular complexity index is 1000. The van der Waals surface area contributed by atoms with Gasteiger partial charge in [0.25, 0.3) is 0 Å². The number of halogens is 1. The van der Waals surface area contributed by atoms with E-state index in [2.05, 4.69) is 15.0 Å². The molecular formula is C22H32FN5O5. The fourth-order valence-electron chi connectivity index (χ4n) is 3.58. The minimum Gasteiger partial charge on any atom is -0.443 e. The summed E-state index contributed by atoms with van der Waals surface area (Å²) in [4.78, 5) is 39.3. The van der Waals surface area contributed by atoms with Gasteiger partial charge in [0, 0.05) is 5.92 Å². The zero-order valence-electron chi connectivity index (χ0n) is 20.3. The maximum absolute atomic E-state index is 15.0. The number of amides is 2. The normalized spacial score (nSPS) is 23.5. The highest BCUT2D eigenvalue weighted by atomic mass is 19.1. The van der Waals surface area contributed by atoms with Gasteiger partial charge >= 0.3 is 12.2 Å². The smallest absolute Gasteiger partial charge is 0.425 e. The molecule has 0 radical (unpaired) electrons. The number of aromatic nitrogens is 4. The first-order chi connectivity index (χ1) is 15.2. The van der Waals surface area contributed by atoms with Gasteiger partial charge < -0.3 is 14.2 Å². The van der Waals surface area contributed by atoms with Crippen LogP contribution in [0, 0.1) is 5.92 Å². The summed E-state index contributed by atoms with van der Waals surface area (Å²) >= 11 is 0.